The topological polar surface area (TPSA) is 66.4 Å². The molecule has 2 aromatic rings. The molecule has 0 saturated carbocycles. The molecule has 0 spiro atoms. The summed E-state index contributed by atoms with van der Waals surface area (Å²) >= 11 is 1.57. The molecule has 0 fully saturated rings. The first kappa shape index (κ1) is 16.2. The van der Waals surface area contributed by atoms with Gasteiger partial charge in [-0.05, 0) is 43.5 Å². The molecular weight excluding hydrogens is 298 g/mol. The molecule has 0 aliphatic carbocycles. The van der Waals surface area contributed by atoms with Gasteiger partial charge in [-0.25, -0.2) is 0 Å². The van der Waals surface area contributed by atoms with Crippen molar-refractivity contribution in [3.63, 3.8) is 0 Å². The van der Waals surface area contributed by atoms with Gasteiger partial charge in [0.15, 0.2) is 0 Å². The van der Waals surface area contributed by atoms with E-state index in [0.717, 1.165) is 16.0 Å². The quantitative estimate of drug-likeness (QED) is 0.879. The molecule has 0 bridgehead atoms. The molecule has 1 aromatic heterocycles. The number of aliphatic carboxylic acids is 1. The Labute approximate surface area is 133 Å². The molecular formula is C17H19NO3S. The Hall–Kier alpha value is -2.14. The summed E-state index contributed by atoms with van der Waals surface area (Å²) in [4.78, 5) is 24.2. The zero-order valence-electron chi connectivity index (χ0n) is 12.8. The van der Waals surface area contributed by atoms with Gasteiger partial charge in [-0.15, -0.1) is 11.3 Å². The van der Waals surface area contributed by atoms with E-state index < -0.39 is 11.9 Å². The maximum atomic E-state index is 12.2. The zero-order chi connectivity index (χ0) is 16.3. The van der Waals surface area contributed by atoms with Crippen LogP contribution in [0.4, 0.5) is 5.69 Å². The van der Waals surface area contributed by atoms with Crippen molar-refractivity contribution in [2.24, 2.45) is 5.92 Å². The second-order valence-corrected chi connectivity index (χ2v) is 6.51. The van der Waals surface area contributed by atoms with Gasteiger partial charge in [-0.1, -0.05) is 19.1 Å². The fraction of sp³-hybridized carbons (Fsp3) is 0.294. The summed E-state index contributed by atoms with van der Waals surface area (Å²) in [7, 11) is 0. The highest BCUT2D eigenvalue weighted by Gasteiger charge is 2.14. The number of carboxylic acid groups (broad SMARTS) is 1. The van der Waals surface area contributed by atoms with Crippen LogP contribution in [0, 0.1) is 19.8 Å². The smallest absolute Gasteiger partial charge is 0.306 e. The lowest BCUT2D eigenvalue weighted by atomic mass is 10.0. The third-order valence-corrected chi connectivity index (χ3v) is 4.72. The number of hydrogen-bond acceptors (Lipinski definition) is 3. The Kier molecular flexibility index (Phi) is 4.98. The van der Waals surface area contributed by atoms with E-state index in [2.05, 4.69) is 5.32 Å². The number of anilines is 1. The minimum Gasteiger partial charge on any atom is -0.481 e. The van der Waals surface area contributed by atoms with Crippen LogP contribution in [-0.4, -0.2) is 17.0 Å². The van der Waals surface area contributed by atoms with Crippen molar-refractivity contribution in [3.05, 3.63) is 51.2 Å². The van der Waals surface area contributed by atoms with Gasteiger partial charge in [0, 0.05) is 15.9 Å². The van der Waals surface area contributed by atoms with Crippen LogP contribution in [-0.2, 0) is 11.2 Å². The van der Waals surface area contributed by atoms with Gasteiger partial charge in [0.2, 0.25) is 0 Å². The molecule has 116 valence electrons. The van der Waals surface area contributed by atoms with Crippen molar-refractivity contribution >= 4 is 28.9 Å². The largest absolute Gasteiger partial charge is 0.481 e. The van der Waals surface area contributed by atoms with E-state index >= 15 is 0 Å². The second-order valence-electron chi connectivity index (χ2n) is 5.43. The molecule has 1 amide bonds. The van der Waals surface area contributed by atoms with Gasteiger partial charge in [0.05, 0.1) is 11.5 Å². The summed E-state index contributed by atoms with van der Waals surface area (Å²) in [5.74, 6) is -1.34. The highest BCUT2D eigenvalue weighted by atomic mass is 32.1. The second kappa shape index (κ2) is 6.75. The number of hydrogen-bond donors (Lipinski definition) is 2. The van der Waals surface area contributed by atoms with Crippen LogP contribution < -0.4 is 5.32 Å². The molecule has 2 N–H and O–H groups in total. The summed E-state index contributed by atoms with van der Waals surface area (Å²) in [6.07, 6.45) is 0.479. The Morgan fingerprint density at radius 2 is 1.86 bits per heavy atom. The average molecular weight is 317 g/mol. The number of nitrogens with one attached hydrogen (secondary N) is 1. The van der Waals surface area contributed by atoms with Crippen molar-refractivity contribution in [2.45, 2.75) is 27.2 Å². The highest BCUT2D eigenvalue weighted by Crippen LogP contribution is 2.22. The van der Waals surface area contributed by atoms with E-state index in [1.165, 1.54) is 0 Å². The summed E-state index contributed by atoms with van der Waals surface area (Å²) in [5.41, 5.74) is 3.36. The number of carboxylic acids is 1. The molecule has 0 aliphatic rings. The van der Waals surface area contributed by atoms with Gasteiger partial charge < -0.3 is 10.4 Å². The first-order valence-electron chi connectivity index (χ1n) is 7.06. The summed E-state index contributed by atoms with van der Waals surface area (Å²) in [6.45, 7) is 5.62. The molecule has 1 heterocycles. The van der Waals surface area contributed by atoms with Gasteiger partial charge in [-0.2, -0.15) is 0 Å². The Morgan fingerprint density at radius 1 is 1.23 bits per heavy atom. The molecule has 1 atom stereocenters. The van der Waals surface area contributed by atoms with E-state index in [4.69, 9.17) is 5.11 Å². The summed E-state index contributed by atoms with van der Waals surface area (Å²) in [6, 6.07) is 7.30. The lowest BCUT2D eigenvalue weighted by molar-refractivity contribution is -0.141. The fourth-order valence-electron chi connectivity index (χ4n) is 2.10. The SMILES string of the molecule is Cc1scc(C(=O)Nc2ccc(CC(C)C(=O)O)cc2)c1C. The molecule has 5 heteroatoms. The maximum Gasteiger partial charge on any atom is 0.306 e. The number of aryl methyl sites for hydroxylation is 1. The van der Waals surface area contributed by atoms with Crippen LogP contribution in [0.25, 0.3) is 0 Å². The minimum absolute atomic E-state index is 0.117. The lowest BCUT2D eigenvalue weighted by Gasteiger charge is -2.08. The zero-order valence-corrected chi connectivity index (χ0v) is 13.7. The van der Waals surface area contributed by atoms with E-state index in [0.29, 0.717) is 17.7 Å². The van der Waals surface area contributed by atoms with Gasteiger partial charge in [-0.3, -0.25) is 9.59 Å². The third kappa shape index (κ3) is 3.74. The lowest BCUT2D eigenvalue weighted by Crippen LogP contribution is -2.13. The number of rotatable bonds is 5. The average Bonchev–Trinajstić information content (AvgIpc) is 2.81. The molecule has 4 nitrogen and oxygen atoms in total. The molecule has 0 radical (unpaired) electrons. The molecule has 1 aromatic carbocycles. The van der Waals surface area contributed by atoms with E-state index in [1.54, 1.807) is 30.4 Å². The van der Waals surface area contributed by atoms with Crippen LogP contribution in [0.1, 0.15) is 33.3 Å². The van der Waals surface area contributed by atoms with Crippen LogP contribution in [0.3, 0.4) is 0 Å². The summed E-state index contributed by atoms with van der Waals surface area (Å²) < 4.78 is 0. The van der Waals surface area contributed by atoms with E-state index in [9.17, 15) is 9.59 Å². The van der Waals surface area contributed by atoms with Crippen LogP contribution in [0.5, 0.6) is 0 Å². The summed E-state index contributed by atoms with van der Waals surface area (Å²) in [5, 5.41) is 13.6. The molecule has 1 unspecified atom stereocenters. The molecule has 0 aliphatic heterocycles. The third-order valence-electron chi connectivity index (χ3n) is 3.71. The number of thiophene rings is 1. The number of amides is 1. The van der Waals surface area contributed by atoms with Crippen molar-refractivity contribution in [1.82, 2.24) is 0 Å². The maximum absolute atomic E-state index is 12.2. The van der Waals surface area contributed by atoms with Crippen LogP contribution in [0.2, 0.25) is 0 Å². The Balaban J connectivity index is 2.03. The van der Waals surface area contributed by atoms with Gasteiger partial charge in [0.25, 0.3) is 5.91 Å². The highest BCUT2D eigenvalue weighted by molar-refractivity contribution is 7.10. The standard InChI is InChI=1S/C17H19NO3S/c1-10(17(20)21)8-13-4-6-14(7-5-13)18-16(19)15-9-22-12(3)11(15)2/h4-7,9-10H,8H2,1-3H3,(H,18,19)(H,20,21). The molecule has 22 heavy (non-hydrogen) atoms. The van der Waals surface area contributed by atoms with Crippen molar-refractivity contribution in [3.8, 4) is 0 Å². The fourth-order valence-corrected chi connectivity index (χ4v) is 2.97. The number of carbonyl (C=O) groups excluding carboxylic acids is 1. The van der Waals surface area contributed by atoms with Gasteiger partial charge in [0.1, 0.15) is 0 Å². The number of benzene rings is 1. The van der Waals surface area contributed by atoms with E-state index in [1.807, 2.05) is 31.4 Å². The first-order valence-corrected chi connectivity index (χ1v) is 7.94. The van der Waals surface area contributed by atoms with Crippen molar-refractivity contribution in [2.75, 3.05) is 5.32 Å². The van der Waals surface area contributed by atoms with Crippen LogP contribution >= 0.6 is 11.3 Å². The number of carbonyl (C=O) groups is 2. The molecule has 2 rings (SSSR count). The molecule has 0 saturated heterocycles. The Bertz CT molecular complexity index is 688. The van der Waals surface area contributed by atoms with Crippen molar-refractivity contribution < 1.29 is 14.7 Å². The van der Waals surface area contributed by atoms with Crippen molar-refractivity contribution in [1.29, 1.82) is 0 Å². The van der Waals surface area contributed by atoms with Gasteiger partial charge >= 0.3 is 5.97 Å². The normalized spacial score (nSPS) is 12.0. The van der Waals surface area contributed by atoms with Crippen LogP contribution in [0.15, 0.2) is 29.6 Å². The monoisotopic (exact) mass is 317 g/mol. The minimum atomic E-state index is -0.805. The predicted octanol–water partition coefficient (Wildman–Crippen LogP) is 3.88. The first-order chi connectivity index (χ1) is 10.4. The predicted molar refractivity (Wildman–Crippen MR) is 88.7 cm³/mol. The van der Waals surface area contributed by atoms with E-state index in [-0.39, 0.29) is 5.91 Å². The Morgan fingerprint density at radius 3 is 2.36 bits per heavy atom.